The molecule has 2 amide bonds. The molecule has 0 spiro atoms. The van der Waals surface area contributed by atoms with Crippen LogP contribution in [0.4, 0.5) is 17.2 Å². The monoisotopic (exact) mass is 529 g/mol. The maximum absolute atomic E-state index is 13.3. The van der Waals surface area contributed by atoms with E-state index < -0.39 is 0 Å². The lowest BCUT2D eigenvalue weighted by Crippen LogP contribution is -2.44. The van der Waals surface area contributed by atoms with E-state index in [1.54, 1.807) is 42.1 Å². The third kappa shape index (κ3) is 6.25. The zero-order valence-electron chi connectivity index (χ0n) is 21.4. The van der Waals surface area contributed by atoms with Crippen LogP contribution < -0.4 is 21.3 Å². The number of amides is 2. The molecule has 9 nitrogen and oxygen atoms in total. The van der Waals surface area contributed by atoms with E-state index in [0.29, 0.717) is 16.9 Å². The summed E-state index contributed by atoms with van der Waals surface area (Å²) in [6, 6.07) is 11.6. The average molecular weight is 530 g/mol. The van der Waals surface area contributed by atoms with Gasteiger partial charge in [0.2, 0.25) is 0 Å². The van der Waals surface area contributed by atoms with Gasteiger partial charge in [-0.3, -0.25) is 14.6 Å². The number of rotatable bonds is 8. The summed E-state index contributed by atoms with van der Waals surface area (Å²) in [5.74, 6) is 0.414. The standard InChI is InChI=1S/C28H31N7O2S/c1-17(2)32-24-14-26(33-21-7-8-23-25(13-21)38-16-31-23)30-15-22(24)28(37)35-20-5-3-19(4-6-20)34-27(36)18-9-11-29-12-10-18/h7-17,19-20H,3-6H2,1-2H3,(H,34,36)(H,35,37)(H2,30,32,33). The fraction of sp³-hybridized carbons (Fsp3) is 0.321. The third-order valence-corrected chi connectivity index (χ3v) is 7.33. The van der Waals surface area contributed by atoms with Crippen molar-refractivity contribution < 1.29 is 9.59 Å². The van der Waals surface area contributed by atoms with Crippen LogP contribution in [0.2, 0.25) is 0 Å². The number of carbonyl (C=O) groups is 2. The predicted octanol–water partition coefficient (Wildman–Crippen LogP) is 5.12. The molecule has 0 atom stereocenters. The van der Waals surface area contributed by atoms with Crippen LogP contribution in [0.3, 0.4) is 0 Å². The van der Waals surface area contributed by atoms with E-state index >= 15 is 0 Å². The normalized spacial score (nSPS) is 17.2. The predicted molar refractivity (Wildman–Crippen MR) is 151 cm³/mol. The largest absolute Gasteiger partial charge is 0.382 e. The number of hydrogen-bond donors (Lipinski definition) is 4. The van der Waals surface area contributed by atoms with Crippen LogP contribution >= 0.6 is 11.3 Å². The molecule has 0 unspecified atom stereocenters. The number of fused-ring (bicyclic) bond motifs is 1. The van der Waals surface area contributed by atoms with Crippen LogP contribution in [0, 0.1) is 0 Å². The molecular formula is C28H31N7O2S. The van der Waals surface area contributed by atoms with Crippen LogP contribution in [0.15, 0.2) is 60.5 Å². The van der Waals surface area contributed by atoms with Gasteiger partial charge in [-0.05, 0) is 69.9 Å². The van der Waals surface area contributed by atoms with Gasteiger partial charge < -0.3 is 21.3 Å². The Bertz CT molecular complexity index is 1420. The molecule has 0 bridgehead atoms. The highest BCUT2D eigenvalue weighted by atomic mass is 32.1. The number of aromatic nitrogens is 3. The molecule has 196 valence electrons. The molecule has 1 aliphatic carbocycles. The first-order valence-corrected chi connectivity index (χ1v) is 13.7. The Kier molecular flexibility index (Phi) is 7.78. The fourth-order valence-corrected chi connectivity index (χ4v) is 5.35. The van der Waals surface area contributed by atoms with Gasteiger partial charge in [0.25, 0.3) is 11.8 Å². The van der Waals surface area contributed by atoms with Crippen molar-refractivity contribution in [3.8, 4) is 0 Å². The van der Waals surface area contributed by atoms with Crippen molar-refractivity contribution in [3.63, 3.8) is 0 Å². The van der Waals surface area contributed by atoms with Crippen LogP contribution in [0.1, 0.15) is 60.2 Å². The fourth-order valence-electron chi connectivity index (χ4n) is 4.63. The number of thiazole rings is 1. The molecule has 4 aromatic rings. The first kappa shape index (κ1) is 25.6. The average Bonchev–Trinajstić information content (AvgIpc) is 3.38. The molecular weight excluding hydrogens is 498 g/mol. The number of nitrogens with one attached hydrogen (secondary N) is 4. The minimum absolute atomic E-state index is 0.0485. The Balaban J connectivity index is 1.20. The molecule has 1 fully saturated rings. The molecule has 3 aromatic heterocycles. The molecule has 1 saturated carbocycles. The maximum atomic E-state index is 13.3. The van der Waals surface area contributed by atoms with Crippen molar-refractivity contribution in [2.45, 2.75) is 57.7 Å². The van der Waals surface area contributed by atoms with Crippen LogP contribution in [0.25, 0.3) is 10.2 Å². The summed E-state index contributed by atoms with van der Waals surface area (Å²) in [5.41, 5.74) is 5.55. The van der Waals surface area contributed by atoms with E-state index in [9.17, 15) is 9.59 Å². The third-order valence-electron chi connectivity index (χ3n) is 6.54. The minimum Gasteiger partial charge on any atom is -0.382 e. The molecule has 4 N–H and O–H groups in total. The second-order valence-electron chi connectivity index (χ2n) is 9.81. The molecule has 0 saturated heterocycles. The summed E-state index contributed by atoms with van der Waals surface area (Å²) in [6.07, 6.45) is 8.06. The lowest BCUT2D eigenvalue weighted by atomic mass is 9.90. The van der Waals surface area contributed by atoms with Gasteiger partial charge in [-0.1, -0.05) is 0 Å². The molecule has 0 aliphatic heterocycles. The van der Waals surface area contributed by atoms with Gasteiger partial charge in [0.1, 0.15) is 5.82 Å². The highest BCUT2D eigenvalue weighted by molar-refractivity contribution is 7.16. The van der Waals surface area contributed by atoms with Crippen molar-refractivity contribution in [2.24, 2.45) is 0 Å². The van der Waals surface area contributed by atoms with Gasteiger partial charge in [0, 0.05) is 54.0 Å². The van der Waals surface area contributed by atoms with Crippen molar-refractivity contribution >= 4 is 50.6 Å². The van der Waals surface area contributed by atoms with Crippen LogP contribution in [-0.4, -0.2) is 44.9 Å². The smallest absolute Gasteiger partial charge is 0.255 e. The second kappa shape index (κ2) is 11.6. The van der Waals surface area contributed by atoms with Crippen molar-refractivity contribution in [1.82, 2.24) is 25.6 Å². The zero-order valence-corrected chi connectivity index (χ0v) is 22.2. The summed E-state index contributed by atoms with van der Waals surface area (Å²) in [5, 5.41) is 13.0. The van der Waals surface area contributed by atoms with Gasteiger partial charge in [-0.2, -0.15) is 0 Å². The van der Waals surface area contributed by atoms with E-state index in [-0.39, 0.29) is 29.9 Å². The molecule has 0 radical (unpaired) electrons. The Morgan fingerprint density at radius 1 is 0.921 bits per heavy atom. The lowest BCUT2D eigenvalue weighted by molar-refractivity contribution is 0.0892. The number of anilines is 3. The minimum atomic E-state index is -0.150. The van der Waals surface area contributed by atoms with Crippen molar-refractivity contribution in [2.75, 3.05) is 10.6 Å². The van der Waals surface area contributed by atoms with Gasteiger partial charge in [-0.25, -0.2) is 9.97 Å². The Hall–Kier alpha value is -4.05. The van der Waals surface area contributed by atoms with Crippen LogP contribution in [-0.2, 0) is 0 Å². The SMILES string of the molecule is CC(C)Nc1cc(Nc2ccc3ncsc3c2)ncc1C(=O)NC1CCC(NC(=O)c2ccncc2)CC1. The Morgan fingerprint density at radius 2 is 1.63 bits per heavy atom. The van der Waals surface area contributed by atoms with Crippen LogP contribution in [0.5, 0.6) is 0 Å². The Morgan fingerprint density at radius 3 is 2.34 bits per heavy atom. The van der Waals surface area contributed by atoms with Gasteiger partial charge >= 0.3 is 0 Å². The molecule has 1 aliphatic rings. The molecule has 5 rings (SSSR count). The number of hydrogen-bond acceptors (Lipinski definition) is 8. The summed E-state index contributed by atoms with van der Waals surface area (Å²) in [6.45, 7) is 4.07. The number of carbonyl (C=O) groups excluding carboxylic acids is 2. The second-order valence-corrected chi connectivity index (χ2v) is 10.7. The van der Waals surface area contributed by atoms with Gasteiger partial charge in [0.15, 0.2) is 0 Å². The quantitative estimate of drug-likeness (QED) is 0.250. The molecule has 10 heteroatoms. The maximum Gasteiger partial charge on any atom is 0.255 e. The summed E-state index contributed by atoms with van der Waals surface area (Å²) >= 11 is 1.59. The van der Waals surface area contributed by atoms with Gasteiger partial charge in [-0.15, -0.1) is 11.3 Å². The number of pyridine rings is 2. The highest BCUT2D eigenvalue weighted by Gasteiger charge is 2.25. The zero-order chi connectivity index (χ0) is 26.5. The Labute approximate surface area is 225 Å². The van der Waals surface area contributed by atoms with Crippen molar-refractivity contribution in [1.29, 1.82) is 0 Å². The van der Waals surface area contributed by atoms with E-state index in [4.69, 9.17) is 0 Å². The number of nitrogens with zero attached hydrogens (tertiary/aromatic N) is 3. The van der Waals surface area contributed by atoms with Crippen molar-refractivity contribution in [3.05, 3.63) is 71.6 Å². The molecule has 1 aromatic carbocycles. The van der Waals surface area contributed by atoms with E-state index in [0.717, 1.165) is 47.3 Å². The van der Waals surface area contributed by atoms with E-state index in [2.05, 4.69) is 36.2 Å². The lowest BCUT2D eigenvalue weighted by Gasteiger charge is -2.30. The first-order chi connectivity index (χ1) is 18.4. The summed E-state index contributed by atoms with van der Waals surface area (Å²) < 4.78 is 1.10. The summed E-state index contributed by atoms with van der Waals surface area (Å²) in [7, 11) is 0. The highest BCUT2D eigenvalue weighted by Crippen LogP contribution is 2.27. The topological polar surface area (TPSA) is 121 Å². The molecule has 38 heavy (non-hydrogen) atoms. The summed E-state index contributed by atoms with van der Waals surface area (Å²) in [4.78, 5) is 38.5. The van der Waals surface area contributed by atoms with E-state index in [1.807, 2.05) is 43.6 Å². The van der Waals surface area contributed by atoms with Gasteiger partial charge in [0.05, 0.1) is 27.0 Å². The van der Waals surface area contributed by atoms with E-state index in [1.165, 1.54) is 0 Å². The number of benzene rings is 1. The first-order valence-electron chi connectivity index (χ1n) is 12.8. The molecule has 3 heterocycles.